The fourth-order valence-electron chi connectivity index (χ4n) is 5.20. The Morgan fingerprint density at radius 2 is 1.24 bits per heavy atom. The second-order valence-electron chi connectivity index (χ2n) is 8.58. The molecule has 34 heavy (non-hydrogen) atoms. The van der Waals surface area contributed by atoms with E-state index in [1.54, 1.807) is 7.11 Å². The van der Waals surface area contributed by atoms with Gasteiger partial charge in [0.1, 0.15) is 11.3 Å². The standard InChI is InChI=1S/C32H25NO/c1-34-28-19-17-27(18-20-28)33-31-21-16-24-10-8-9-15-29(24)30(31)22-23-32(33,25-11-4-2-5-12-25)26-13-6-3-7-14-26/h2-23H,1H3. The Balaban J connectivity index is 1.71. The second kappa shape index (κ2) is 8.24. The summed E-state index contributed by atoms with van der Waals surface area (Å²) in [6, 6.07) is 43.0. The fraction of sp³-hybridized carbons (Fsp3) is 0.0625. The molecule has 6 rings (SSSR count). The molecule has 0 N–H and O–H groups in total. The van der Waals surface area contributed by atoms with Crippen molar-refractivity contribution in [1.82, 2.24) is 0 Å². The highest BCUT2D eigenvalue weighted by Gasteiger charge is 2.42. The molecule has 5 aromatic carbocycles. The Hall–Kier alpha value is -4.30. The minimum absolute atomic E-state index is 0.507. The van der Waals surface area contributed by atoms with Crippen molar-refractivity contribution in [3.05, 3.63) is 144 Å². The molecular weight excluding hydrogens is 414 g/mol. The molecule has 0 amide bonds. The summed E-state index contributed by atoms with van der Waals surface area (Å²) in [5, 5.41) is 2.50. The van der Waals surface area contributed by atoms with Crippen molar-refractivity contribution in [3.63, 3.8) is 0 Å². The predicted octanol–water partition coefficient (Wildman–Crippen LogP) is 7.96. The average molecular weight is 440 g/mol. The first-order valence-corrected chi connectivity index (χ1v) is 11.6. The van der Waals surface area contributed by atoms with Crippen LogP contribution in [-0.2, 0) is 5.54 Å². The first kappa shape index (κ1) is 20.3. The van der Waals surface area contributed by atoms with Crippen LogP contribution in [0.3, 0.4) is 0 Å². The first-order chi connectivity index (χ1) is 16.8. The highest BCUT2D eigenvalue weighted by molar-refractivity contribution is 5.99. The van der Waals surface area contributed by atoms with Crippen LogP contribution in [0.15, 0.2) is 127 Å². The maximum Gasteiger partial charge on any atom is 0.119 e. The Morgan fingerprint density at radius 3 is 1.88 bits per heavy atom. The molecule has 0 fully saturated rings. The molecule has 2 nitrogen and oxygen atoms in total. The maximum absolute atomic E-state index is 5.47. The molecular formula is C32H25NO. The van der Waals surface area contributed by atoms with Gasteiger partial charge in [-0.25, -0.2) is 0 Å². The molecule has 2 heteroatoms. The third-order valence-electron chi connectivity index (χ3n) is 6.79. The third-order valence-corrected chi connectivity index (χ3v) is 6.79. The smallest absolute Gasteiger partial charge is 0.119 e. The Bertz CT molecular complexity index is 1430. The lowest BCUT2D eigenvalue weighted by Crippen LogP contribution is -2.44. The predicted molar refractivity (Wildman–Crippen MR) is 142 cm³/mol. The number of benzene rings is 5. The van der Waals surface area contributed by atoms with Gasteiger partial charge in [-0.05, 0) is 58.3 Å². The van der Waals surface area contributed by atoms with Gasteiger partial charge in [0.05, 0.1) is 12.8 Å². The van der Waals surface area contributed by atoms with Crippen LogP contribution in [0.25, 0.3) is 16.8 Å². The zero-order valence-electron chi connectivity index (χ0n) is 19.1. The van der Waals surface area contributed by atoms with Crippen LogP contribution in [-0.4, -0.2) is 7.11 Å². The summed E-state index contributed by atoms with van der Waals surface area (Å²) in [5.41, 5.74) is 5.44. The van der Waals surface area contributed by atoms with Gasteiger partial charge < -0.3 is 9.64 Å². The van der Waals surface area contributed by atoms with Gasteiger partial charge in [-0.2, -0.15) is 0 Å². The summed E-state index contributed by atoms with van der Waals surface area (Å²) < 4.78 is 5.47. The quantitative estimate of drug-likeness (QED) is 0.282. The molecule has 0 aromatic heterocycles. The SMILES string of the molecule is COc1ccc(N2c3ccc4ccccc4c3C=CC2(c2ccccc2)c2ccccc2)cc1. The highest BCUT2D eigenvalue weighted by atomic mass is 16.5. The molecule has 1 heterocycles. The van der Waals surface area contributed by atoms with Crippen LogP contribution in [0.1, 0.15) is 16.7 Å². The minimum Gasteiger partial charge on any atom is -0.497 e. The molecule has 1 aliphatic heterocycles. The van der Waals surface area contributed by atoms with Crippen LogP contribution >= 0.6 is 0 Å². The summed E-state index contributed by atoms with van der Waals surface area (Å²) >= 11 is 0. The molecule has 0 spiro atoms. The number of hydrogen-bond donors (Lipinski definition) is 0. The van der Waals surface area contributed by atoms with Crippen LogP contribution in [0.5, 0.6) is 5.75 Å². The second-order valence-corrected chi connectivity index (χ2v) is 8.58. The minimum atomic E-state index is -0.507. The van der Waals surface area contributed by atoms with Gasteiger partial charge in [0.15, 0.2) is 0 Å². The topological polar surface area (TPSA) is 12.5 Å². The van der Waals surface area contributed by atoms with E-state index < -0.39 is 5.54 Å². The Kier molecular flexibility index (Phi) is 4.92. The summed E-state index contributed by atoms with van der Waals surface area (Å²) in [6.45, 7) is 0. The summed E-state index contributed by atoms with van der Waals surface area (Å²) in [5.74, 6) is 0.847. The number of ether oxygens (including phenoxy) is 1. The maximum atomic E-state index is 5.47. The van der Waals surface area contributed by atoms with Crippen LogP contribution < -0.4 is 9.64 Å². The van der Waals surface area contributed by atoms with E-state index in [0.29, 0.717) is 0 Å². The number of nitrogens with zero attached hydrogens (tertiary/aromatic N) is 1. The zero-order chi connectivity index (χ0) is 23.0. The van der Waals surface area contributed by atoms with Gasteiger partial charge in [0.25, 0.3) is 0 Å². The van der Waals surface area contributed by atoms with E-state index in [9.17, 15) is 0 Å². The van der Waals surface area contributed by atoms with Crippen molar-refractivity contribution < 1.29 is 4.74 Å². The van der Waals surface area contributed by atoms with Crippen molar-refractivity contribution in [2.24, 2.45) is 0 Å². The lowest BCUT2D eigenvalue weighted by molar-refractivity contribution is 0.415. The zero-order valence-corrected chi connectivity index (χ0v) is 19.1. The molecule has 0 saturated carbocycles. The number of methoxy groups -OCH3 is 1. The highest BCUT2D eigenvalue weighted by Crippen LogP contribution is 2.51. The van der Waals surface area contributed by atoms with Crippen molar-refractivity contribution in [1.29, 1.82) is 0 Å². The molecule has 0 atom stereocenters. The number of fused-ring (bicyclic) bond motifs is 3. The normalized spacial score (nSPS) is 14.1. The monoisotopic (exact) mass is 439 g/mol. The van der Waals surface area contributed by atoms with Crippen LogP contribution in [0.2, 0.25) is 0 Å². The molecule has 0 aliphatic carbocycles. The average Bonchev–Trinajstić information content (AvgIpc) is 2.93. The van der Waals surface area contributed by atoms with Gasteiger partial charge in [-0.1, -0.05) is 97.1 Å². The molecule has 0 bridgehead atoms. The number of hydrogen-bond acceptors (Lipinski definition) is 2. The molecule has 0 unspecified atom stereocenters. The van der Waals surface area contributed by atoms with E-state index in [0.717, 1.165) is 11.4 Å². The van der Waals surface area contributed by atoms with Crippen molar-refractivity contribution >= 4 is 28.2 Å². The van der Waals surface area contributed by atoms with E-state index in [-0.39, 0.29) is 0 Å². The van der Waals surface area contributed by atoms with Crippen LogP contribution in [0.4, 0.5) is 11.4 Å². The third kappa shape index (κ3) is 3.11. The van der Waals surface area contributed by atoms with E-state index in [1.807, 2.05) is 12.1 Å². The van der Waals surface area contributed by atoms with Gasteiger partial charge in [-0.15, -0.1) is 0 Å². The lowest BCUT2D eigenvalue weighted by Gasteiger charge is -2.47. The van der Waals surface area contributed by atoms with Crippen molar-refractivity contribution in [2.45, 2.75) is 5.54 Å². The van der Waals surface area contributed by atoms with Gasteiger partial charge in [0.2, 0.25) is 0 Å². The Morgan fingerprint density at radius 1 is 0.618 bits per heavy atom. The van der Waals surface area contributed by atoms with Gasteiger partial charge >= 0.3 is 0 Å². The van der Waals surface area contributed by atoms with Gasteiger partial charge in [-0.3, -0.25) is 0 Å². The number of rotatable bonds is 4. The molecule has 164 valence electrons. The van der Waals surface area contributed by atoms with Crippen LogP contribution in [0, 0.1) is 0 Å². The molecule has 0 radical (unpaired) electrons. The molecule has 0 saturated heterocycles. The van der Waals surface area contributed by atoms with Gasteiger partial charge in [0, 0.05) is 11.3 Å². The largest absolute Gasteiger partial charge is 0.497 e. The van der Waals surface area contributed by atoms with E-state index >= 15 is 0 Å². The molecule has 1 aliphatic rings. The first-order valence-electron chi connectivity index (χ1n) is 11.6. The van der Waals surface area contributed by atoms with E-state index in [2.05, 4.69) is 126 Å². The number of anilines is 2. The van der Waals surface area contributed by atoms with E-state index in [1.165, 1.54) is 33.2 Å². The Labute approximate surface area is 200 Å². The van der Waals surface area contributed by atoms with Crippen molar-refractivity contribution in [2.75, 3.05) is 12.0 Å². The summed E-state index contributed by atoms with van der Waals surface area (Å²) in [4.78, 5) is 2.47. The van der Waals surface area contributed by atoms with Crippen molar-refractivity contribution in [3.8, 4) is 5.75 Å². The fourth-order valence-corrected chi connectivity index (χ4v) is 5.20. The molecule has 5 aromatic rings. The van der Waals surface area contributed by atoms with E-state index in [4.69, 9.17) is 4.74 Å². The summed E-state index contributed by atoms with van der Waals surface area (Å²) in [6.07, 6.45) is 4.66. The lowest BCUT2D eigenvalue weighted by atomic mass is 9.77. The summed E-state index contributed by atoms with van der Waals surface area (Å²) in [7, 11) is 1.71.